The first-order chi connectivity index (χ1) is 12.3. The summed E-state index contributed by atoms with van der Waals surface area (Å²) in [5.41, 5.74) is -0.702. The van der Waals surface area contributed by atoms with Gasteiger partial charge in [0, 0.05) is 11.6 Å². The first-order valence-corrected chi connectivity index (χ1v) is 7.56. The van der Waals surface area contributed by atoms with Crippen LogP contribution in [0.4, 0.5) is 18.9 Å². The number of carbonyl (C=O) groups excluding carboxylic acids is 1. The SMILES string of the molecule is O=C(Cc1ccccc1[N+](=O)[O-])NCCOc1cccc(C(F)(F)F)c1. The van der Waals surface area contributed by atoms with Crippen molar-refractivity contribution in [2.75, 3.05) is 13.2 Å². The molecule has 0 saturated carbocycles. The van der Waals surface area contributed by atoms with Gasteiger partial charge in [0.15, 0.2) is 0 Å². The molecule has 0 bridgehead atoms. The lowest BCUT2D eigenvalue weighted by atomic mass is 10.1. The summed E-state index contributed by atoms with van der Waals surface area (Å²) in [6.45, 7) is 0.0135. The van der Waals surface area contributed by atoms with Crippen LogP contribution in [0.15, 0.2) is 48.5 Å². The van der Waals surface area contributed by atoms with Crippen molar-refractivity contribution in [3.05, 3.63) is 69.8 Å². The van der Waals surface area contributed by atoms with Crippen molar-refractivity contribution in [3.63, 3.8) is 0 Å². The molecule has 0 aromatic heterocycles. The summed E-state index contributed by atoms with van der Waals surface area (Å²) in [7, 11) is 0. The third kappa shape index (κ3) is 5.47. The molecule has 0 heterocycles. The van der Waals surface area contributed by atoms with Crippen LogP contribution in [0.3, 0.4) is 0 Å². The van der Waals surface area contributed by atoms with Crippen LogP contribution >= 0.6 is 0 Å². The van der Waals surface area contributed by atoms with Crippen molar-refractivity contribution in [2.45, 2.75) is 12.6 Å². The number of hydrogen-bond donors (Lipinski definition) is 1. The van der Waals surface area contributed by atoms with Gasteiger partial charge in [-0.2, -0.15) is 13.2 Å². The average molecular weight is 368 g/mol. The molecule has 0 fully saturated rings. The number of carbonyl (C=O) groups is 1. The van der Waals surface area contributed by atoms with Gasteiger partial charge in [-0.25, -0.2) is 0 Å². The Bertz CT molecular complexity index is 794. The van der Waals surface area contributed by atoms with Crippen molar-refractivity contribution < 1.29 is 27.6 Å². The Hall–Kier alpha value is -3.10. The van der Waals surface area contributed by atoms with Crippen LogP contribution in [0, 0.1) is 10.1 Å². The number of ether oxygens (including phenoxy) is 1. The highest BCUT2D eigenvalue weighted by Gasteiger charge is 2.30. The zero-order valence-corrected chi connectivity index (χ0v) is 13.5. The molecule has 6 nitrogen and oxygen atoms in total. The smallest absolute Gasteiger partial charge is 0.416 e. The fourth-order valence-electron chi connectivity index (χ4n) is 2.20. The number of amides is 1. The highest BCUT2D eigenvalue weighted by atomic mass is 19.4. The second-order valence-electron chi connectivity index (χ2n) is 5.29. The standard InChI is InChI=1S/C17H15F3N2O4/c18-17(19,20)13-5-3-6-14(11-13)26-9-8-21-16(23)10-12-4-1-2-7-15(12)22(24)25/h1-7,11H,8-10H2,(H,21,23). The van der Waals surface area contributed by atoms with E-state index in [-0.39, 0.29) is 36.6 Å². The molecule has 0 aliphatic rings. The predicted octanol–water partition coefficient (Wildman–Crippen LogP) is 3.35. The Kier molecular flexibility index (Phi) is 6.16. The van der Waals surface area contributed by atoms with E-state index in [1.165, 1.54) is 30.3 Å². The highest BCUT2D eigenvalue weighted by Crippen LogP contribution is 2.31. The van der Waals surface area contributed by atoms with Gasteiger partial charge in [0.05, 0.1) is 23.5 Å². The number of nitro groups is 1. The molecule has 0 aliphatic carbocycles. The Labute approximate surface area is 146 Å². The highest BCUT2D eigenvalue weighted by molar-refractivity contribution is 5.79. The summed E-state index contributed by atoms with van der Waals surface area (Å²) >= 11 is 0. The first kappa shape index (κ1) is 19.2. The number of alkyl halides is 3. The summed E-state index contributed by atoms with van der Waals surface area (Å²) in [6, 6.07) is 10.3. The minimum atomic E-state index is -4.46. The second kappa shape index (κ2) is 8.32. The molecular weight excluding hydrogens is 353 g/mol. The van der Waals surface area contributed by atoms with Crippen LogP contribution in [0.2, 0.25) is 0 Å². The Morgan fingerprint density at radius 3 is 2.58 bits per heavy atom. The monoisotopic (exact) mass is 368 g/mol. The molecule has 0 atom stereocenters. The quantitative estimate of drug-likeness (QED) is 0.462. The number of para-hydroxylation sites is 1. The van der Waals surface area contributed by atoms with Gasteiger partial charge in [-0.3, -0.25) is 14.9 Å². The Morgan fingerprint density at radius 1 is 1.15 bits per heavy atom. The van der Waals surface area contributed by atoms with Gasteiger partial charge in [0.1, 0.15) is 12.4 Å². The molecule has 0 saturated heterocycles. The van der Waals surface area contributed by atoms with Crippen molar-refractivity contribution in [1.29, 1.82) is 0 Å². The van der Waals surface area contributed by atoms with E-state index in [0.717, 1.165) is 12.1 Å². The van der Waals surface area contributed by atoms with E-state index in [0.29, 0.717) is 0 Å². The van der Waals surface area contributed by atoms with E-state index in [4.69, 9.17) is 4.74 Å². The van der Waals surface area contributed by atoms with Gasteiger partial charge >= 0.3 is 6.18 Å². The van der Waals surface area contributed by atoms with Gasteiger partial charge in [0.25, 0.3) is 5.69 Å². The molecule has 9 heteroatoms. The topological polar surface area (TPSA) is 81.5 Å². The van der Waals surface area contributed by atoms with Crippen LogP contribution < -0.4 is 10.1 Å². The molecule has 0 aliphatic heterocycles. The van der Waals surface area contributed by atoms with Crippen LogP contribution in [0.1, 0.15) is 11.1 Å². The first-order valence-electron chi connectivity index (χ1n) is 7.56. The number of nitrogens with one attached hydrogen (secondary N) is 1. The summed E-state index contributed by atoms with van der Waals surface area (Å²) in [4.78, 5) is 22.2. The molecule has 2 rings (SSSR count). The summed E-state index contributed by atoms with van der Waals surface area (Å²) < 4.78 is 43.0. The fraction of sp³-hybridized carbons (Fsp3) is 0.235. The van der Waals surface area contributed by atoms with Gasteiger partial charge in [-0.1, -0.05) is 24.3 Å². The third-order valence-electron chi connectivity index (χ3n) is 3.39. The summed E-state index contributed by atoms with van der Waals surface area (Å²) in [5.74, 6) is -0.417. The molecule has 2 aromatic carbocycles. The Balaban J connectivity index is 1.82. The maximum atomic E-state index is 12.6. The van der Waals surface area contributed by atoms with E-state index in [9.17, 15) is 28.1 Å². The zero-order valence-electron chi connectivity index (χ0n) is 13.5. The fourth-order valence-corrected chi connectivity index (χ4v) is 2.20. The number of rotatable bonds is 7. The maximum Gasteiger partial charge on any atom is 0.416 e. The third-order valence-corrected chi connectivity index (χ3v) is 3.39. The molecule has 1 N–H and O–H groups in total. The van der Waals surface area contributed by atoms with Gasteiger partial charge in [-0.15, -0.1) is 0 Å². The molecule has 0 radical (unpaired) electrons. The van der Waals surface area contributed by atoms with Crippen molar-refractivity contribution in [3.8, 4) is 5.75 Å². The lowest BCUT2D eigenvalue weighted by molar-refractivity contribution is -0.385. The minimum absolute atomic E-state index is 0.0350. The van der Waals surface area contributed by atoms with Crippen LogP contribution in [0.5, 0.6) is 5.75 Å². The van der Waals surface area contributed by atoms with E-state index in [1.54, 1.807) is 6.07 Å². The van der Waals surface area contributed by atoms with Crippen LogP contribution in [-0.4, -0.2) is 24.0 Å². The maximum absolute atomic E-state index is 12.6. The number of halogens is 3. The summed E-state index contributed by atoms with van der Waals surface area (Å²) in [5, 5.41) is 13.4. The van der Waals surface area contributed by atoms with Crippen LogP contribution in [-0.2, 0) is 17.4 Å². The number of nitro benzene ring substituents is 1. The van der Waals surface area contributed by atoms with E-state index >= 15 is 0 Å². The van der Waals surface area contributed by atoms with E-state index < -0.39 is 22.6 Å². The van der Waals surface area contributed by atoms with E-state index in [1.807, 2.05) is 0 Å². The normalized spacial score (nSPS) is 11.0. The van der Waals surface area contributed by atoms with Crippen molar-refractivity contribution in [1.82, 2.24) is 5.32 Å². The number of benzene rings is 2. The molecular formula is C17H15F3N2O4. The zero-order chi connectivity index (χ0) is 19.2. The van der Waals surface area contributed by atoms with Gasteiger partial charge < -0.3 is 10.1 Å². The summed E-state index contributed by atoms with van der Waals surface area (Å²) in [6.07, 6.45) is -4.64. The Morgan fingerprint density at radius 2 is 1.88 bits per heavy atom. The molecule has 1 amide bonds. The molecule has 2 aromatic rings. The lowest BCUT2D eigenvalue weighted by Gasteiger charge is -2.11. The van der Waals surface area contributed by atoms with Crippen molar-refractivity contribution >= 4 is 11.6 Å². The molecule has 138 valence electrons. The molecule has 0 spiro atoms. The second-order valence-corrected chi connectivity index (χ2v) is 5.29. The van der Waals surface area contributed by atoms with Gasteiger partial charge in [-0.05, 0) is 18.2 Å². The minimum Gasteiger partial charge on any atom is -0.492 e. The van der Waals surface area contributed by atoms with Gasteiger partial charge in [0.2, 0.25) is 5.91 Å². The number of nitrogens with zero attached hydrogens (tertiary/aromatic N) is 1. The van der Waals surface area contributed by atoms with Crippen molar-refractivity contribution in [2.24, 2.45) is 0 Å². The van der Waals surface area contributed by atoms with E-state index in [2.05, 4.69) is 5.32 Å². The molecule has 0 unspecified atom stereocenters. The lowest BCUT2D eigenvalue weighted by Crippen LogP contribution is -2.29. The average Bonchev–Trinajstić information content (AvgIpc) is 2.58. The predicted molar refractivity (Wildman–Crippen MR) is 86.7 cm³/mol. The molecule has 26 heavy (non-hydrogen) atoms. The van der Waals surface area contributed by atoms with Crippen LogP contribution in [0.25, 0.3) is 0 Å². The number of hydrogen-bond acceptors (Lipinski definition) is 4. The largest absolute Gasteiger partial charge is 0.492 e.